The van der Waals surface area contributed by atoms with E-state index in [0.29, 0.717) is 33.0 Å². The van der Waals surface area contributed by atoms with Gasteiger partial charge in [-0.15, -0.1) is 0 Å². The molecule has 80 valence electrons. The van der Waals surface area contributed by atoms with Gasteiger partial charge in [-0.1, -0.05) is 0 Å². The highest BCUT2D eigenvalue weighted by Crippen LogP contribution is 2.00. The van der Waals surface area contributed by atoms with Crippen molar-refractivity contribution in [3.05, 3.63) is 24.2 Å². The van der Waals surface area contributed by atoms with Gasteiger partial charge in [0.1, 0.15) is 12.4 Å². The zero-order valence-electron chi connectivity index (χ0n) is 8.40. The van der Waals surface area contributed by atoms with Crippen LogP contribution >= 0.6 is 0 Å². The monoisotopic (exact) mass is 200 g/mol. The van der Waals surface area contributed by atoms with Crippen LogP contribution in [0.2, 0.25) is 0 Å². The topological polar surface area (TPSA) is 40.8 Å². The molecular formula is C10H16O4. The molecule has 1 aromatic rings. The van der Waals surface area contributed by atoms with Gasteiger partial charge in [0.2, 0.25) is 0 Å². The fourth-order valence-corrected chi connectivity index (χ4v) is 0.930. The molecule has 0 aliphatic heterocycles. The van der Waals surface area contributed by atoms with E-state index in [-0.39, 0.29) is 0 Å². The summed E-state index contributed by atoms with van der Waals surface area (Å²) in [5.41, 5.74) is 0. The van der Waals surface area contributed by atoms with Crippen molar-refractivity contribution in [2.75, 3.05) is 33.5 Å². The lowest BCUT2D eigenvalue weighted by atomic mass is 10.5. The summed E-state index contributed by atoms with van der Waals surface area (Å²) in [5, 5.41) is 0. The molecule has 0 amide bonds. The first-order valence-electron chi connectivity index (χ1n) is 4.60. The normalized spacial score (nSPS) is 10.6. The van der Waals surface area contributed by atoms with E-state index in [0.717, 1.165) is 5.76 Å². The molecule has 0 unspecified atom stereocenters. The van der Waals surface area contributed by atoms with Gasteiger partial charge < -0.3 is 18.6 Å². The van der Waals surface area contributed by atoms with E-state index in [1.54, 1.807) is 13.4 Å². The molecule has 0 saturated heterocycles. The second kappa shape index (κ2) is 7.55. The Hall–Kier alpha value is -0.840. The van der Waals surface area contributed by atoms with Crippen molar-refractivity contribution in [1.82, 2.24) is 0 Å². The Balaban J connectivity index is 1.85. The van der Waals surface area contributed by atoms with Gasteiger partial charge in [-0.2, -0.15) is 0 Å². The molecule has 4 heteroatoms. The average Bonchev–Trinajstić information content (AvgIpc) is 2.69. The highest BCUT2D eigenvalue weighted by atomic mass is 16.5. The number of furan rings is 1. The third-order valence-corrected chi connectivity index (χ3v) is 1.63. The summed E-state index contributed by atoms with van der Waals surface area (Å²) in [6, 6.07) is 3.72. The molecule has 0 saturated carbocycles. The fraction of sp³-hybridized carbons (Fsp3) is 0.600. The highest BCUT2D eigenvalue weighted by Gasteiger charge is 1.94. The molecule has 0 radical (unpaired) electrons. The maximum atomic E-state index is 5.30. The summed E-state index contributed by atoms with van der Waals surface area (Å²) in [5.74, 6) is 0.835. The summed E-state index contributed by atoms with van der Waals surface area (Å²) in [7, 11) is 1.65. The van der Waals surface area contributed by atoms with E-state index in [9.17, 15) is 0 Å². The van der Waals surface area contributed by atoms with Gasteiger partial charge in [-0.25, -0.2) is 0 Å². The van der Waals surface area contributed by atoms with Crippen LogP contribution in [0.5, 0.6) is 0 Å². The molecule has 0 aliphatic rings. The first kappa shape index (κ1) is 11.2. The predicted molar refractivity (Wildman–Crippen MR) is 51.1 cm³/mol. The third kappa shape index (κ3) is 5.01. The average molecular weight is 200 g/mol. The SMILES string of the molecule is COCCOCCOCc1ccco1. The molecule has 14 heavy (non-hydrogen) atoms. The van der Waals surface area contributed by atoms with Gasteiger partial charge >= 0.3 is 0 Å². The van der Waals surface area contributed by atoms with Gasteiger partial charge in [0, 0.05) is 7.11 Å². The number of rotatable bonds is 8. The Kier molecular flexibility index (Phi) is 6.06. The van der Waals surface area contributed by atoms with E-state index in [4.69, 9.17) is 18.6 Å². The standard InChI is InChI=1S/C10H16O4/c1-11-5-6-12-7-8-13-9-10-3-2-4-14-10/h2-4H,5-9H2,1H3. The predicted octanol–water partition coefficient (Wildman–Crippen LogP) is 1.46. The van der Waals surface area contributed by atoms with Crippen LogP contribution in [0.15, 0.2) is 22.8 Å². The molecule has 0 aromatic carbocycles. The second-order valence-corrected chi connectivity index (χ2v) is 2.74. The number of ether oxygens (including phenoxy) is 3. The minimum absolute atomic E-state index is 0.501. The van der Waals surface area contributed by atoms with Crippen LogP contribution in [-0.4, -0.2) is 33.5 Å². The first-order chi connectivity index (χ1) is 6.93. The van der Waals surface area contributed by atoms with Crippen molar-refractivity contribution in [3.8, 4) is 0 Å². The molecule has 1 rings (SSSR count). The third-order valence-electron chi connectivity index (χ3n) is 1.63. The van der Waals surface area contributed by atoms with Crippen LogP contribution in [0, 0.1) is 0 Å². The molecule has 0 aliphatic carbocycles. The number of methoxy groups -OCH3 is 1. The van der Waals surface area contributed by atoms with Crippen LogP contribution < -0.4 is 0 Å². The van der Waals surface area contributed by atoms with Crippen molar-refractivity contribution < 1.29 is 18.6 Å². The maximum absolute atomic E-state index is 5.30. The summed E-state index contributed by atoms with van der Waals surface area (Å²) in [6.45, 7) is 2.90. The van der Waals surface area contributed by atoms with Gasteiger partial charge in [0.05, 0.1) is 32.7 Å². The van der Waals surface area contributed by atoms with Crippen molar-refractivity contribution in [2.45, 2.75) is 6.61 Å². The van der Waals surface area contributed by atoms with Crippen LogP contribution in [0.3, 0.4) is 0 Å². The smallest absolute Gasteiger partial charge is 0.129 e. The highest BCUT2D eigenvalue weighted by molar-refractivity contribution is 4.95. The Morgan fingerprint density at radius 3 is 2.64 bits per heavy atom. The minimum Gasteiger partial charge on any atom is -0.467 e. The summed E-state index contributed by atoms with van der Waals surface area (Å²) < 4.78 is 20.4. The first-order valence-corrected chi connectivity index (χ1v) is 4.60. The van der Waals surface area contributed by atoms with Gasteiger partial charge in [0.15, 0.2) is 0 Å². The molecule has 0 fully saturated rings. The lowest BCUT2D eigenvalue weighted by Crippen LogP contribution is -2.08. The van der Waals surface area contributed by atoms with Crippen molar-refractivity contribution in [1.29, 1.82) is 0 Å². The van der Waals surface area contributed by atoms with E-state index in [1.807, 2.05) is 12.1 Å². The van der Waals surface area contributed by atoms with Crippen LogP contribution in [0.4, 0.5) is 0 Å². The fourth-order valence-electron chi connectivity index (χ4n) is 0.930. The van der Waals surface area contributed by atoms with Crippen molar-refractivity contribution >= 4 is 0 Å². The van der Waals surface area contributed by atoms with Crippen LogP contribution in [-0.2, 0) is 20.8 Å². The van der Waals surface area contributed by atoms with Crippen LogP contribution in [0.25, 0.3) is 0 Å². The number of hydrogen-bond donors (Lipinski definition) is 0. The molecule has 0 atom stereocenters. The summed E-state index contributed by atoms with van der Waals surface area (Å²) >= 11 is 0. The zero-order chi connectivity index (χ0) is 10.1. The molecule has 4 nitrogen and oxygen atoms in total. The Bertz CT molecular complexity index is 208. The van der Waals surface area contributed by atoms with Crippen molar-refractivity contribution in [2.24, 2.45) is 0 Å². The molecule has 1 heterocycles. The van der Waals surface area contributed by atoms with Crippen LogP contribution in [0.1, 0.15) is 5.76 Å². The molecule has 0 spiro atoms. The van der Waals surface area contributed by atoms with E-state index in [2.05, 4.69) is 0 Å². The zero-order valence-corrected chi connectivity index (χ0v) is 8.40. The Labute approximate surface area is 83.8 Å². The lowest BCUT2D eigenvalue weighted by molar-refractivity contribution is 0.0162. The van der Waals surface area contributed by atoms with Gasteiger partial charge in [0.25, 0.3) is 0 Å². The van der Waals surface area contributed by atoms with E-state index in [1.165, 1.54) is 0 Å². The maximum Gasteiger partial charge on any atom is 0.129 e. The Morgan fingerprint density at radius 1 is 1.14 bits per heavy atom. The van der Waals surface area contributed by atoms with E-state index < -0.39 is 0 Å². The Morgan fingerprint density at radius 2 is 1.93 bits per heavy atom. The largest absolute Gasteiger partial charge is 0.467 e. The molecular weight excluding hydrogens is 184 g/mol. The van der Waals surface area contributed by atoms with Gasteiger partial charge in [-0.05, 0) is 12.1 Å². The molecule has 0 bridgehead atoms. The molecule has 1 aromatic heterocycles. The second-order valence-electron chi connectivity index (χ2n) is 2.74. The quantitative estimate of drug-likeness (QED) is 0.596. The van der Waals surface area contributed by atoms with E-state index >= 15 is 0 Å². The minimum atomic E-state index is 0.501. The molecule has 0 N–H and O–H groups in total. The summed E-state index contributed by atoms with van der Waals surface area (Å²) in [6.07, 6.45) is 1.63. The van der Waals surface area contributed by atoms with Crippen molar-refractivity contribution in [3.63, 3.8) is 0 Å². The lowest BCUT2D eigenvalue weighted by Gasteiger charge is -2.03. The summed E-state index contributed by atoms with van der Waals surface area (Å²) in [4.78, 5) is 0. The van der Waals surface area contributed by atoms with Gasteiger partial charge in [-0.3, -0.25) is 0 Å². The number of hydrogen-bond acceptors (Lipinski definition) is 4.